The van der Waals surface area contributed by atoms with Crippen molar-refractivity contribution in [2.45, 2.75) is 18.4 Å². The maximum absolute atomic E-state index is 12.2. The van der Waals surface area contributed by atoms with Crippen molar-refractivity contribution in [2.75, 3.05) is 19.0 Å². The minimum Gasteiger partial charge on any atom is -0.495 e. The van der Waals surface area contributed by atoms with Crippen molar-refractivity contribution >= 4 is 29.1 Å². The van der Waals surface area contributed by atoms with Gasteiger partial charge >= 0.3 is 11.8 Å². The molecule has 3 rings (SSSR count). The lowest BCUT2D eigenvalue weighted by molar-refractivity contribution is -0.137. The summed E-state index contributed by atoms with van der Waals surface area (Å²) in [5.41, 5.74) is -0.166. The first-order valence-electron chi connectivity index (χ1n) is 8.64. The number of carbonyl (C=O) groups excluding carboxylic acids is 2. The lowest BCUT2D eigenvalue weighted by Crippen LogP contribution is -2.45. The van der Waals surface area contributed by atoms with Gasteiger partial charge in [0.15, 0.2) is 0 Å². The van der Waals surface area contributed by atoms with E-state index in [1.165, 1.54) is 13.2 Å². The molecule has 2 aromatic carbocycles. The molecule has 142 valence electrons. The van der Waals surface area contributed by atoms with Crippen LogP contribution in [-0.4, -0.2) is 30.6 Å². The molecule has 0 unspecified atom stereocenters. The highest BCUT2D eigenvalue weighted by atomic mass is 35.5. The minimum absolute atomic E-state index is 0.0411. The molecule has 1 atom stereocenters. The van der Waals surface area contributed by atoms with Gasteiger partial charge in [0.1, 0.15) is 11.4 Å². The Morgan fingerprint density at radius 3 is 2.52 bits per heavy atom. The molecule has 0 radical (unpaired) electrons. The zero-order valence-electron chi connectivity index (χ0n) is 14.9. The van der Waals surface area contributed by atoms with Crippen LogP contribution in [0.4, 0.5) is 5.69 Å². The van der Waals surface area contributed by atoms with Gasteiger partial charge in [-0.15, -0.1) is 0 Å². The fourth-order valence-corrected chi connectivity index (χ4v) is 3.19. The van der Waals surface area contributed by atoms with Crippen LogP contribution in [0.2, 0.25) is 5.02 Å². The number of aliphatic hydroxyl groups is 1. The smallest absolute Gasteiger partial charge is 0.313 e. The molecule has 1 aliphatic carbocycles. The van der Waals surface area contributed by atoms with Gasteiger partial charge in [0.25, 0.3) is 0 Å². The number of carbonyl (C=O) groups is 2. The van der Waals surface area contributed by atoms with Gasteiger partial charge in [0, 0.05) is 5.02 Å². The second-order valence-electron chi connectivity index (χ2n) is 6.55. The molecule has 27 heavy (non-hydrogen) atoms. The van der Waals surface area contributed by atoms with E-state index in [0.717, 1.165) is 18.4 Å². The Bertz CT molecular complexity index is 839. The number of nitrogens with one attached hydrogen (secondary N) is 2. The molecule has 0 spiro atoms. The molecule has 1 saturated carbocycles. The molecule has 0 heterocycles. The molecular formula is C20H21ClN2O4. The Hall–Kier alpha value is -2.57. The third-order valence-electron chi connectivity index (χ3n) is 4.66. The van der Waals surface area contributed by atoms with Crippen LogP contribution in [0.3, 0.4) is 0 Å². The van der Waals surface area contributed by atoms with E-state index in [1.807, 2.05) is 30.3 Å². The van der Waals surface area contributed by atoms with E-state index in [9.17, 15) is 14.7 Å². The first-order chi connectivity index (χ1) is 12.9. The van der Waals surface area contributed by atoms with E-state index in [0.29, 0.717) is 16.5 Å². The zero-order chi connectivity index (χ0) is 19.4. The lowest BCUT2D eigenvalue weighted by Gasteiger charge is -2.29. The Morgan fingerprint density at radius 2 is 1.89 bits per heavy atom. The second-order valence-corrected chi connectivity index (χ2v) is 6.98. The first-order valence-corrected chi connectivity index (χ1v) is 9.02. The number of ether oxygens (including phenoxy) is 1. The summed E-state index contributed by atoms with van der Waals surface area (Å²) in [7, 11) is 1.45. The van der Waals surface area contributed by atoms with Gasteiger partial charge in [-0.05, 0) is 42.5 Å². The molecule has 1 fully saturated rings. The Morgan fingerprint density at radius 1 is 1.19 bits per heavy atom. The molecule has 6 nitrogen and oxygen atoms in total. The van der Waals surface area contributed by atoms with E-state index < -0.39 is 17.4 Å². The number of halogens is 1. The van der Waals surface area contributed by atoms with Crippen molar-refractivity contribution in [1.82, 2.24) is 5.32 Å². The largest absolute Gasteiger partial charge is 0.495 e. The number of anilines is 1. The van der Waals surface area contributed by atoms with Crippen LogP contribution in [-0.2, 0) is 15.2 Å². The van der Waals surface area contributed by atoms with Crippen LogP contribution in [0.1, 0.15) is 18.4 Å². The van der Waals surface area contributed by atoms with Gasteiger partial charge in [-0.2, -0.15) is 0 Å². The first kappa shape index (κ1) is 19.2. The van der Waals surface area contributed by atoms with E-state index in [1.54, 1.807) is 12.1 Å². The summed E-state index contributed by atoms with van der Waals surface area (Å²) in [4.78, 5) is 24.5. The number of amides is 2. The van der Waals surface area contributed by atoms with Crippen molar-refractivity contribution in [3.63, 3.8) is 0 Å². The highest BCUT2D eigenvalue weighted by Crippen LogP contribution is 2.45. The standard InChI is InChI=1S/C20H21ClN2O4/c1-27-17-10-9-15(21)11-16(17)23-19(25)18(24)22-12-20(26,14-7-8-14)13-5-3-2-4-6-13/h2-6,9-11,14,26H,7-8,12H2,1H3,(H,22,24)(H,23,25)/t20-/m1/s1. The van der Waals surface area contributed by atoms with Crippen LogP contribution in [0.25, 0.3) is 0 Å². The summed E-state index contributed by atoms with van der Waals surface area (Å²) in [6, 6.07) is 13.9. The topological polar surface area (TPSA) is 87.7 Å². The molecule has 0 aromatic heterocycles. The second kappa shape index (κ2) is 7.98. The number of benzene rings is 2. The Kier molecular flexibility index (Phi) is 5.68. The van der Waals surface area contributed by atoms with Gasteiger partial charge in [-0.25, -0.2) is 0 Å². The maximum atomic E-state index is 12.2. The van der Waals surface area contributed by atoms with Gasteiger partial charge in [-0.3, -0.25) is 9.59 Å². The van der Waals surface area contributed by atoms with E-state index in [-0.39, 0.29) is 12.5 Å². The summed E-state index contributed by atoms with van der Waals surface area (Å²) >= 11 is 5.93. The van der Waals surface area contributed by atoms with Crippen LogP contribution >= 0.6 is 11.6 Å². The lowest BCUT2D eigenvalue weighted by atomic mass is 9.88. The average Bonchev–Trinajstić information content (AvgIpc) is 3.52. The fourth-order valence-electron chi connectivity index (χ4n) is 3.02. The number of hydrogen-bond acceptors (Lipinski definition) is 4. The summed E-state index contributed by atoms with van der Waals surface area (Å²) in [6.45, 7) is -0.0411. The van der Waals surface area contributed by atoms with Gasteiger partial charge in [0.2, 0.25) is 0 Å². The third-order valence-corrected chi connectivity index (χ3v) is 4.90. The quantitative estimate of drug-likeness (QED) is 0.664. The highest BCUT2D eigenvalue weighted by Gasteiger charge is 2.45. The fraction of sp³-hybridized carbons (Fsp3) is 0.300. The summed E-state index contributed by atoms with van der Waals surface area (Å²) < 4.78 is 5.15. The van der Waals surface area contributed by atoms with E-state index in [4.69, 9.17) is 16.3 Å². The monoisotopic (exact) mass is 388 g/mol. The molecular weight excluding hydrogens is 368 g/mol. The molecule has 2 aromatic rings. The zero-order valence-corrected chi connectivity index (χ0v) is 15.6. The number of hydrogen-bond donors (Lipinski definition) is 3. The molecule has 0 bridgehead atoms. The van der Waals surface area contributed by atoms with Crippen LogP contribution in [0, 0.1) is 5.92 Å². The highest BCUT2D eigenvalue weighted by molar-refractivity contribution is 6.40. The van der Waals surface area contributed by atoms with Crippen molar-refractivity contribution in [3.05, 3.63) is 59.1 Å². The summed E-state index contributed by atoms with van der Waals surface area (Å²) in [6.07, 6.45) is 1.76. The van der Waals surface area contributed by atoms with Crippen LogP contribution in [0.5, 0.6) is 5.75 Å². The van der Waals surface area contributed by atoms with Crippen LogP contribution in [0.15, 0.2) is 48.5 Å². The number of rotatable bonds is 6. The third kappa shape index (κ3) is 4.40. The molecule has 3 N–H and O–H groups in total. The maximum Gasteiger partial charge on any atom is 0.313 e. The Labute approximate surface area is 162 Å². The molecule has 0 aliphatic heterocycles. The van der Waals surface area contributed by atoms with Crippen molar-refractivity contribution in [3.8, 4) is 5.75 Å². The molecule has 2 amide bonds. The van der Waals surface area contributed by atoms with Crippen molar-refractivity contribution in [1.29, 1.82) is 0 Å². The molecule has 0 saturated heterocycles. The van der Waals surface area contributed by atoms with Crippen molar-refractivity contribution < 1.29 is 19.4 Å². The average molecular weight is 389 g/mol. The van der Waals surface area contributed by atoms with Crippen LogP contribution < -0.4 is 15.4 Å². The molecule has 7 heteroatoms. The van der Waals surface area contributed by atoms with E-state index in [2.05, 4.69) is 10.6 Å². The van der Waals surface area contributed by atoms with E-state index >= 15 is 0 Å². The van der Waals surface area contributed by atoms with Gasteiger partial charge < -0.3 is 20.5 Å². The number of methoxy groups -OCH3 is 1. The normalized spacial score (nSPS) is 15.5. The minimum atomic E-state index is -1.19. The van der Waals surface area contributed by atoms with Gasteiger partial charge in [0.05, 0.1) is 19.3 Å². The molecule has 1 aliphatic rings. The predicted molar refractivity (Wildman–Crippen MR) is 103 cm³/mol. The summed E-state index contributed by atoms with van der Waals surface area (Å²) in [5, 5.41) is 16.5. The van der Waals surface area contributed by atoms with Crippen molar-refractivity contribution in [2.24, 2.45) is 5.92 Å². The SMILES string of the molecule is COc1ccc(Cl)cc1NC(=O)C(=O)NC[C@@](O)(c1ccccc1)C1CC1. The summed E-state index contributed by atoms with van der Waals surface area (Å²) in [5.74, 6) is -1.25. The predicted octanol–water partition coefficient (Wildman–Crippen LogP) is 2.70. The van der Waals surface area contributed by atoms with Gasteiger partial charge in [-0.1, -0.05) is 41.9 Å². The Balaban J connectivity index is 1.66.